The van der Waals surface area contributed by atoms with E-state index in [9.17, 15) is 8.42 Å². The van der Waals surface area contributed by atoms with Crippen LogP contribution in [0.5, 0.6) is 0 Å². The van der Waals surface area contributed by atoms with Gasteiger partial charge in [0, 0.05) is 16.2 Å². The van der Waals surface area contributed by atoms with E-state index >= 15 is 0 Å². The van der Waals surface area contributed by atoms with Crippen molar-refractivity contribution in [3.05, 3.63) is 58.1 Å². The van der Waals surface area contributed by atoms with Crippen LogP contribution in [0.15, 0.2) is 51.8 Å². The summed E-state index contributed by atoms with van der Waals surface area (Å²) in [6.45, 7) is 3.76. The third-order valence-electron chi connectivity index (χ3n) is 3.31. The van der Waals surface area contributed by atoms with Crippen LogP contribution < -0.4 is 10.5 Å². The summed E-state index contributed by atoms with van der Waals surface area (Å²) in [6, 6.07) is 13.0. The van der Waals surface area contributed by atoms with Crippen LogP contribution in [0.4, 0.5) is 5.69 Å². The van der Waals surface area contributed by atoms with Gasteiger partial charge in [-0.3, -0.25) is 0 Å². The van der Waals surface area contributed by atoms with Crippen molar-refractivity contribution in [3.8, 4) is 0 Å². The van der Waals surface area contributed by atoms with E-state index in [0.717, 1.165) is 15.7 Å². The second kappa shape index (κ2) is 6.17. The summed E-state index contributed by atoms with van der Waals surface area (Å²) in [5.74, 6) is 0. The second-order valence-electron chi connectivity index (χ2n) is 4.89. The SMILES string of the molecule is Cc1c(NC(C)c2cccc(Br)c2)cccc1S(N)(=O)=O. The topological polar surface area (TPSA) is 72.2 Å². The number of hydrogen-bond donors (Lipinski definition) is 2. The predicted octanol–water partition coefficient (Wildman–Crippen LogP) is 3.58. The van der Waals surface area contributed by atoms with E-state index in [0.29, 0.717) is 5.56 Å². The summed E-state index contributed by atoms with van der Waals surface area (Å²) < 4.78 is 24.1. The van der Waals surface area contributed by atoms with Gasteiger partial charge in [0.05, 0.1) is 4.90 Å². The molecule has 0 aliphatic carbocycles. The van der Waals surface area contributed by atoms with Crippen molar-refractivity contribution >= 4 is 31.6 Å². The molecule has 0 heterocycles. The lowest BCUT2D eigenvalue weighted by Crippen LogP contribution is -2.15. The summed E-state index contributed by atoms with van der Waals surface area (Å²) in [5.41, 5.74) is 2.49. The van der Waals surface area contributed by atoms with Gasteiger partial charge in [0.15, 0.2) is 0 Å². The van der Waals surface area contributed by atoms with Gasteiger partial charge in [0.1, 0.15) is 0 Å². The second-order valence-corrected chi connectivity index (χ2v) is 7.34. The smallest absolute Gasteiger partial charge is 0.238 e. The molecule has 21 heavy (non-hydrogen) atoms. The van der Waals surface area contributed by atoms with Gasteiger partial charge in [0.25, 0.3) is 0 Å². The van der Waals surface area contributed by atoms with Gasteiger partial charge in [-0.25, -0.2) is 13.6 Å². The quantitative estimate of drug-likeness (QED) is 0.865. The van der Waals surface area contributed by atoms with Crippen LogP contribution in [0, 0.1) is 6.92 Å². The van der Waals surface area contributed by atoms with Crippen molar-refractivity contribution in [3.63, 3.8) is 0 Å². The lowest BCUT2D eigenvalue weighted by atomic mass is 10.1. The third-order valence-corrected chi connectivity index (χ3v) is 4.86. The molecule has 0 saturated carbocycles. The number of sulfonamides is 1. The normalized spacial score (nSPS) is 13.0. The Bertz CT molecular complexity index is 760. The number of benzene rings is 2. The van der Waals surface area contributed by atoms with Crippen LogP contribution in [-0.4, -0.2) is 8.42 Å². The van der Waals surface area contributed by atoms with E-state index in [2.05, 4.69) is 21.2 Å². The molecule has 0 aromatic heterocycles. The van der Waals surface area contributed by atoms with E-state index < -0.39 is 10.0 Å². The molecule has 0 bridgehead atoms. The van der Waals surface area contributed by atoms with Crippen molar-refractivity contribution in [2.45, 2.75) is 24.8 Å². The minimum Gasteiger partial charge on any atom is -0.378 e. The summed E-state index contributed by atoms with van der Waals surface area (Å²) in [7, 11) is -3.71. The minimum atomic E-state index is -3.71. The Morgan fingerprint density at radius 3 is 2.48 bits per heavy atom. The van der Waals surface area contributed by atoms with Gasteiger partial charge in [-0.2, -0.15) is 0 Å². The third kappa shape index (κ3) is 3.84. The molecule has 0 aliphatic heterocycles. The molecule has 2 aromatic rings. The van der Waals surface area contributed by atoms with Crippen molar-refractivity contribution in [2.75, 3.05) is 5.32 Å². The Hall–Kier alpha value is -1.37. The van der Waals surface area contributed by atoms with Crippen LogP contribution >= 0.6 is 15.9 Å². The molecule has 0 aliphatic rings. The summed E-state index contributed by atoms with van der Waals surface area (Å²) in [4.78, 5) is 0.147. The molecule has 0 radical (unpaired) electrons. The fourth-order valence-electron chi connectivity index (χ4n) is 2.17. The highest BCUT2D eigenvalue weighted by molar-refractivity contribution is 9.10. The first-order valence-electron chi connectivity index (χ1n) is 6.43. The van der Waals surface area contributed by atoms with Crippen LogP contribution in [0.3, 0.4) is 0 Å². The molecule has 0 amide bonds. The van der Waals surface area contributed by atoms with E-state index in [-0.39, 0.29) is 10.9 Å². The first kappa shape index (κ1) is 16.0. The van der Waals surface area contributed by atoms with Gasteiger partial charge in [0.2, 0.25) is 10.0 Å². The van der Waals surface area contributed by atoms with Crippen molar-refractivity contribution in [2.24, 2.45) is 5.14 Å². The number of hydrogen-bond acceptors (Lipinski definition) is 3. The van der Waals surface area contributed by atoms with Gasteiger partial charge in [-0.05, 0) is 49.2 Å². The molecule has 2 rings (SSSR count). The highest BCUT2D eigenvalue weighted by Crippen LogP contribution is 2.27. The van der Waals surface area contributed by atoms with E-state index in [1.807, 2.05) is 37.3 Å². The Kier molecular flexibility index (Phi) is 4.70. The summed E-state index contributed by atoms with van der Waals surface area (Å²) in [6.07, 6.45) is 0. The number of nitrogens with two attached hydrogens (primary N) is 1. The van der Waals surface area contributed by atoms with E-state index in [4.69, 9.17) is 5.14 Å². The molecule has 1 atom stereocenters. The van der Waals surface area contributed by atoms with Crippen LogP contribution in [0.2, 0.25) is 0 Å². The molecular formula is C15H17BrN2O2S. The van der Waals surface area contributed by atoms with E-state index in [1.54, 1.807) is 13.0 Å². The molecule has 4 nitrogen and oxygen atoms in total. The fourth-order valence-corrected chi connectivity index (χ4v) is 3.39. The number of halogens is 1. The molecule has 0 spiro atoms. The van der Waals surface area contributed by atoms with Crippen LogP contribution in [-0.2, 0) is 10.0 Å². The Morgan fingerprint density at radius 2 is 1.86 bits per heavy atom. The highest BCUT2D eigenvalue weighted by Gasteiger charge is 2.15. The zero-order valence-corrected chi connectivity index (χ0v) is 14.2. The molecule has 0 saturated heterocycles. The number of rotatable bonds is 4. The number of nitrogens with one attached hydrogen (secondary N) is 1. The monoisotopic (exact) mass is 368 g/mol. The Labute approximate surface area is 133 Å². The standard InChI is InChI=1S/C15H17BrN2O2S/c1-10-14(7-4-8-15(10)21(17,19)20)18-11(2)12-5-3-6-13(16)9-12/h3-9,11,18H,1-2H3,(H2,17,19,20). The summed E-state index contributed by atoms with van der Waals surface area (Å²) in [5, 5.41) is 8.55. The van der Waals surface area contributed by atoms with Gasteiger partial charge in [-0.1, -0.05) is 34.1 Å². The predicted molar refractivity (Wildman–Crippen MR) is 88.7 cm³/mol. The minimum absolute atomic E-state index is 0.0388. The zero-order chi connectivity index (χ0) is 15.6. The number of primary sulfonamides is 1. The molecule has 3 N–H and O–H groups in total. The first-order chi connectivity index (χ1) is 9.79. The van der Waals surface area contributed by atoms with Crippen LogP contribution in [0.25, 0.3) is 0 Å². The molecular weight excluding hydrogens is 352 g/mol. The molecule has 6 heteroatoms. The Balaban J connectivity index is 2.32. The van der Waals surface area contributed by atoms with Crippen molar-refractivity contribution in [1.29, 1.82) is 0 Å². The van der Waals surface area contributed by atoms with Crippen LogP contribution in [0.1, 0.15) is 24.1 Å². The average Bonchev–Trinajstić information content (AvgIpc) is 2.39. The molecule has 1 unspecified atom stereocenters. The molecule has 2 aromatic carbocycles. The van der Waals surface area contributed by atoms with Gasteiger partial charge in [-0.15, -0.1) is 0 Å². The van der Waals surface area contributed by atoms with E-state index in [1.165, 1.54) is 6.07 Å². The Morgan fingerprint density at radius 1 is 1.19 bits per heavy atom. The lowest BCUT2D eigenvalue weighted by molar-refractivity contribution is 0.597. The highest BCUT2D eigenvalue weighted by atomic mass is 79.9. The largest absolute Gasteiger partial charge is 0.378 e. The van der Waals surface area contributed by atoms with Gasteiger partial charge >= 0.3 is 0 Å². The number of anilines is 1. The zero-order valence-electron chi connectivity index (χ0n) is 11.8. The maximum atomic E-state index is 11.6. The van der Waals surface area contributed by atoms with Crippen molar-refractivity contribution in [1.82, 2.24) is 0 Å². The first-order valence-corrected chi connectivity index (χ1v) is 8.77. The molecule has 0 fully saturated rings. The lowest BCUT2D eigenvalue weighted by Gasteiger charge is -2.19. The van der Waals surface area contributed by atoms with Crippen molar-refractivity contribution < 1.29 is 8.42 Å². The maximum Gasteiger partial charge on any atom is 0.238 e. The maximum absolute atomic E-state index is 11.6. The fraction of sp³-hybridized carbons (Fsp3) is 0.200. The summed E-state index contributed by atoms with van der Waals surface area (Å²) >= 11 is 3.44. The average molecular weight is 369 g/mol. The van der Waals surface area contributed by atoms with Gasteiger partial charge < -0.3 is 5.32 Å². The molecule has 112 valence electrons.